The lowest BCUT2D eigenvalue weighted by Gasteiger charge is -2.35. The van der Waals surface area contributed by atoms with Crippen LogP contribution in [0.5, 0.6) is 5.88 Å². The van der Waals surface area contributed by atoms with Crippen molar-refractivity contribution in [2.45, 2.75) is 38.1 Å². The molecule has 1 spiro atoms. The summed E-state index contributed by atoms with van der Waals surface area (Å²) in [5.74, 6) is 1.02. The van der Waals surface area contributed by atoms with Crippen LogP contribution in [0, 0.1) is 0 Å². The van der Waals surface area contributed by atoms with Crippen LogP contribution in [0.3, 0.4) is 0 Å². The van der Waals surface area contributed by atoms with Gasteiger partial charge in [-0.15, -0.1) is 0 Å². The molecule has 1 amide bonds. The summed E-state index contributed by atoms with van der Waals surface area (Å²) in [6.45, 7) is 3.36. The molecule has 0 aromatic carbocycles. The quantitative estimate of drug-likeness (QED) is 0.912. The Bertz CT molecular complexity index is 687. The van der Waals surface area contributed by atoms with Gasteiger partial charge in [-0.3, -0.25) is 4.79 Å². The molecule has 0 radical (unpaired) electrons. The highest BCUT2D eigenvalue weighted by molar-refractivity contribution is 7.94. The van der Waals surface area contributed by atoms with Gasteiger partial charge in [0.2, 0.25) is 5.88 Å². The monoisotopic (exact) mass is 337 g/mol. The maximum Gasteiger partial charge on any atom is 0.286 e. The number of amides is 1. The summed E-state index contributed by atoms with van der Waals surface area (Å²) in [5.41, 5.74) is 0.283. The minimum absolute atomic E-state index is 0.0732. The summed E-state index contributed by atoms with van der Waals surface area (Å²) in [5, 5.41) is 3.48. The van der Waals surface area contributed by atoms with Crippen LogP contribution in [0.15, 0.2) is 22.7 Å². The Morgan fingerprint density at radius 2 is 2.26 bits per heavy atom. The molecule has 1 aromatic heterocycles. The van der Waals surface area contributed by atoms with E-state index in [1.54, 1.807) is 12.1 Å². The van der Waals surface area contributed by atoms with Gasteiger partial charge < -0.3 is 10.1 Å². The third-order valence-electron chi connectivity index (χ3n) is 4.48. The van der Waals surface area contributed by atoms with Crippen molar-refractivity contribution in [2.75, 3.05) is 24.7 Å². The first-order valence-electron chi connectivity index (χ1n) is 8.15. The Labute approximate surface area is 137 Å². The minimum atomic E-state index is -2.50. The van der Waals surface area contributed by atoms with E-state index in [0.29, 0.717) is 29.6 Å². The summed E-state index contributed by atoms with van der Waals surface area (Å²) in [6.07, 6.45) is 5.44. The molecule has 0 saturated carbocycles. The number of aromatic nitrogens is 1. The molecule has 1 aromatic rings. The summed E-state index contributed by atoms with van der Waals surface area (Å²) in [7, 11) is -2.50. The van der Waals surface area contributed by atoms with E-state index in [0.717, 1.165) is 32.2 Å². The van der Waals surface area contributed by atoms with Gasteiger partial charge in [-0.1, -0.05) is 0 Å². The Morgan fingerprint density at radius 3 is 2.91 bits per heavy atom. The fraction of sp³-hybridized carbons (Fsp3) is 0.625. The smallest absolute Gasteiger partial charge is 0.286 e. The van der Waals surface area contributed by atoms with E-state index in [-0.39, 0.29) is 5.54 Å². The Balaban J connectivity index is 1.78. The van der Waals surface area contributed by atoms with Gasteiger partial charge in [0.1, 0.15) is 0 Å². The Morgan fingerprint density at radius 1 is 1.43 bits per heavy atom. The van der Waals surface area contributed by atoms with E-state index < -0.39 is 15.6 Å². The largest absolute Gasteiger partial charge is 0.478 e. The molecule has 2 atom stereocenters. The third-order valence-corrected chi connectivity index (χ3v) is 6.91. The lowest BCUT2D eigenvalue weighted by atomic mass is 9.94. The van der Waals surface area contributed by atoms with Crippen LogP contribution in [0.2, 0.25) is 0 Å². The number of nitrogens with zero attached hydrogens (tertiary/aromatic N) is 2. The highest BCUT2D eigenvalue weighted by Gasteiger charge is 2.40. The zero-order chi connectivity index (χ0) is 16.3. The van der Waals surface area contributed by atoms with Crippen molar-refractivity contribution in [2.24, 2.45) is 4.36 Å². The minimum Gasteiger partial charge on any atom is -0.478 e. The second-order valence-electron chi connectivity index (χ2n) is 6.25. The number of pyridine rings is 1. The second-order valence-corrected chi connectivity index (χ2v) is 8.67. The molecule has 2 fully saturated rings. The number of hydrogen-bond acceptors (Lipinski definition) is 5. The number of hydrogen-bond donors (Lipinski definition) is 1. The fourth-order valence-corrected chi connectivity index (χ4v) is 6.00. The topological polar surface area (TPSA) is 80.6 Å². The van der Waals surface area contributed by atoms with Crippen LogP contribution in [-0.4, -0.2) is 45.3 Å². The van der Waals surface area contributed by atoms with Crippen LogP contribution >= 0.6 is 0 Å². The van der Waals surface area contributed by atoms with Crippen molar-refractivity contribution in [1.82, 2.24) is 10.3 Å². The number of ether oxygens (including phenoxy) is 1. The first-order valence-corrected chi connectivity index (χ1v) is 10.0. The maximum absolute atomic E-state index is 13.0. The van der Waals surface area contributed by atoms with Gasteiger partial charge in [-0.25, -0.2) is 9.19 Å². The fourth-order valence-electron chi connectivity index (χ4n) is 3.44. The van der Waals surface area contributed by atoms with E-state index in [1.807, 2.05) is 6.92 Å². The summed E-state index contributed by atoms with van der Waals surface area (Å²) < 4.78 is 22.4. The Hall–Kier alpha value is -1.47. The van der Waals surface area contributed by atoms with E-state index in [4.69, 9.17) is 4.74 Å². The first kappa shape index (κ1) is 16.4. The molecule has 3 heterocycles. The Kier molecular flexibility index (Phi) is 4.68. The molecular weight excluding hydrogens is 314 g/mol. The standard InChI is InChI=1S/C16H23N3O3S/c1-2-22-14-6-5-13(11-17-14)15(20)19-23(21)10-4-8-16(12-23)7-3-9-18-16/h5-6,11,18H,2-4,7-10,12H2,1H3. The SMILES string of the molecule is CCOc1ccc(C(=O)N=S2(=O)CCCC3(CCCN3)C2)cn1. The third kappa shape index (κ3) is 3.72. The van der Waals surface area contributed by atoms with Crippen molar-refractivity contribution in [3.63, 3.8) is 0 Å². The molecule has 2 aliphatic rings. The second kappa shape index (κ2) is 6.57. The first-order chi connectivity index (χ1) is 11.0. The molecule has 23 heavy (non-hydrogen) atoms. The van der Waals surface area contributed by atoms with Crippen molar-refractivity contribution in [3.05, 3.63) is 23.9 Å². The maximum atomic E-state index is 13.0. The van der Waals surface area contributed by atoms with E-state index in [1.165, 1.54) is 6.20 Å². The predicted octanol–water partition coefficient (Wildman–Crippen LogP) is 2.00. The lowest BCUT2D eigenvalue weighted by Crippen LogP contribution is -2.49. The van der Waals surface area contributed by atoms with Crippen LogP contribution in [-0.2, 0) is 9.73 Å². The number of rotatable bonds is 3. The van der Waals surface area contributed by atoms with Crippen molar-refractivity contribution in [3.8, 4) is 5.88 Å². The van der Waals surface area contributed by atoms with Crippen LogP contribution in [0.4, 0.5) is 0 Å². The van der Waals surface area contributed by atoms with Crippen LogP contribution < -0.4 is 10.1 Å². The van der Waals surface area contributed by atoms with Crippen LogP contribution in [0.1, 0.15) is 43.0 Å². The van der Waals surface area contributed by atoms with Gasteiger partial charge in [0, 0.05) is 23.6 Å². The van der Waals surface area contributed by atoms with Gasteiger partial charge in [0.05, 0.1) is 27.7 Å². The van der Waals surface area contributed by atoms with Crippen molar-refractivity contribution >= 4 is 15.6 Å². The summed E-state index contributed by atoms with van der Waals surface area (Å²) in [4.78, 5) is 16.4. The molecule has 1 N–H and O–H groups in total. The number of nitrogens with one attached hydrogen (secondary N) is 1. The molecule has 0 bridgehead atoms. The average molecular weight is 337 g/mol. The molecule has 7 heteroatoms. The van der Waals surface area contributed by atoms with Gasteiger partial charge in [-0.2, -0.15) is 4.36 Å². The molecule has 2 saturated heterocycles. The molecule has 0 aliphatic carbocycles. The molecule has 3 rings (SSSR count). The molecule has 6 nitrogen and oxygen atoms in total. The predicted molar refractivity (Wildman–Crippen MR) is 89.2 cm³/mol. The van der Waals surface area contributed by atoms with Gasteiger partial charge in [0.15, 0.2) is 0 Å². The normalized spacial score (nSPS) is 30.3. The summed E-state index contributed by atoms with van der Waals surface area (Å²) in [6, 6.07) is 3.26. The zero-order valence-corrected chi connectivity index (χ0v) is 14.2. The number of carbonyl (C=O) groups excluding carboxylic acids is 1. The van der Waals surface area contributed by atoms with Gasteiger partial charge >= 0.3 is 0 Å². The molecule has 2 aliphatic heterocycles. The van der Waals surface area contributed by atoms with Gasteiger partial charge in [0.25, 0.3) is 5.91 Å². The van der Waals surface area contributed by atoms with E-state index in [9.17, 15) is 9.00 Å². The molecular formula is C16H23N3O3S. The highest BCUT2D eigenvalue weighted by Crippen LogP contribution is 2.32. The molecule has 126 valence electrons. The lowest BCUT2D eigenvalue weighted by molar-refractivity contribution is 0.100. The number of carbonyl (C=O) groups is 1. The molecule has 2 unspecified atom stereocenters. The van der Waals surface area contributed by atoms with Crippen LogP contribution in [0.25, 0.3) is 0 Å². The van der Waals surface area contributed by atoms with E-state index in [2.05, 4.69) is 14.7 Å². The van der Waals surface area contributed by atoms with E-state index >= 15 is 0 Å². The van der Waals surface area contributed by atoms with Crippen molar-refractivity contribution in [1.29, 1.82) is 0 Å². The zero-order valence-electron chi connectivity index (χ0n) is 13.4. The van der Waals surface area contributed by atoms with Gasteiger partial charge in [-0.05, 0) is 45.2 Å². The highest BCUT2D eigenvalue weighted by atomic mass is 32.2. The average Bonchev–Trinajstić information content (AvgIpc) is 2.95. The summed E-state index contributed by atoms with van der Waals surface area (Å²) >= 11 is 0. The van der Waals surface area contributed by atoms with Crippen molar-refractivity contribution < 1.29 is 13.7 Å².